The van der Waals surface area contributed by atoms with Gasteiger partial charge in [0.1, 0.15) is 11.6 Å². The van der Waals surface area contributed by atoms with Crippen molar-refractivity contribution < 1.29 is 4.74 Å². The monoisotopic (exact) mass is 323 g/mol. The van der Waals surface area contributed by atoms with Gasteiger partial charge in [-0.1, -0.05) is 36.4 Å². The Balaban J connectivity index is 1.56. The average molecular weight is 323 g/mol. The van der Waals surface area contributed by atoms with Crippen LogP contribution in [0.15, 0.2) is 54.6 Å². The summed E-state index contributed by atoms with van der Waals surface area (Å²) < 4.78 is 5.21. The van der Waals surface area contributed by atoms with Gasteiger partial charge in [0.15, 0.2) is 5.82 Å². The zero-order chi connectivity index (χ0) is 16.8. The Morgan fingerprint density at radius 2 is 2.00 bits per heavy atom. The fourth-order valence-electron chi connectivity index (χ4n) is 2.43. The lowest BCUT2D eigenvalue weighted by molar-refractivity contribution is 0.415. The first-order valence-corrected chi connectivity index (χ1v) is 7.86. The maximum Gasteiger partial charge on any atom is 0.171 e. The van der Waals surface area contributed by atoms with E-state index in [0.29, 0.717) is 5.82 Å². The number of aromatic nitrogens is 3. The molecule has 0 saturated carbocycles. The summed E-state index contributed by atoms with van der Waals surface area (Å²) in [5, 5.41) is 10.5. The number of hydrogen-bond acceptors (Lipinski definition) is 5. The highest BCUT2D eigenvalue weighted by molar-refractivity contribution is 5.48. The minimum absolute atomic E-state index is 0.317. The number of nitrogens with two attached hydrogens (primary N) is 1. The Kier molecular flexibility index (Phi) is 5.08. The SMILES string of the molecule is COc1cccc(NCCc2nc([C@@H](N)c3ccccc3)n[nH]2)c1. The van der Waals surface area contributed by atoms with E-state index in [2.05, 4.69) is 20.5 Å². The predicted molar refractivity (Wildman–Crippen MR) is 94.0 cm³/mol. The normalized spacial score (nSPS) is 11.9. The lowest BCUT2D eigenvalue weighted by atomic mass is 10.1. The number of hydrogen-bond donors (Lipinski definition) is 3. The van der Waals surface area contributed by atoms with Gasteiger partial charge in [-0.25, -0.2) is 4.98 Å². The zero-order valence-electron chi connectivity index (χ0n) is 13.6. The van der Waals surface area contributed by atoms with Crippen LogP contribution in [0.25, 0.3) is 0 Å². The highest BCUT2D eigenvalue weighted by atomic mass is 16.5. The van der Waals surface area contributed by atoms with Crippen LogP contribution in [0.5, 0.6) is 5.75 Å². The molecule has 0 fully saturated rings. The lowest BCUT2D eigenvalue weighted by Gasteiger charge is -2.07. The molecule has 3 aromatic rings. The van der Waals surface area contributed by atoms with E-state index < -0.39 is 0 Å². The van der Waals surface area contributed by atoms with Crippen LogP contribution >= 0.6 is 0 Å². The molecule has 0 saturated heterocycles. The van der Waals surface area contributed by atoms with Gasteiger partial charge in [-0.15, -0.1) is 0 Å². The molecule has 0 unspecified atom stereocenters. The summed E-state index contributed by atoms with van der Waals surface area (Å²) in [7, 11) is 1.66. The molecular formula is C18H21N5O. The Bertz CT molecular complexity index is 772. The number of anilines is 1. The second-order valence-electron chi connectivity index (χ2n) is 5.44. The van der Waals surface area contributed by atoms with Crippen LogP contribution in [0, 0.1) is 0 Å². The fraction of sp³-hybridized carbons (Fsp3) is 0.222. The van der Waals surface area contributed by atoms with E-state index in [1.54, 1.807) is 7.11 Å². The summed E-state index contributed by atoms with van der Waals surface area (Å²) in [6.07, 6.45) is 0.728. The van der Waals surface area contributed by atoms with Gasteiger partial charge in [-0.05, 0) is 17.7 Å². The van der Waals surface area contributed by atoms with Crippen molar-refractivity contribution in [2.45, 2.75) is 12.5 Å². The van der Waals surface area contributed by atoms with Gasteiger partial charge in [0.05, 0.1) is 13.2 Å². The van der Waals surface area contributed by atoms with Crippen molar-refractivity contribution in [3.8, 4) is 5.75 Å². The predicted octanol–water partition coefficient (Wildman–Crippen LogP) is 2.52. The van der Waals surface area contributed by atoms with Crippen LogP contribution in [0.1, 0.15) is 23.3 Å². The molecule has 1 atom stereocenters. The van der Waals surface area contributed by atoms with Crippen LogP contribution in [-0.2, 0) is 6.42 Å². The first-order chi connectivity index (χ1) is 11.8. The third kappa shape index (κ3) is 3.91. The number of H-pyrrole nitrogens is 1. The molecule has 0 aliphatic carbocycles. The summed E-state index contributed by atoms with van der Waals surface area (Å²) in [4.78, 5) is 4.50. The van der Waals surface area contributed by atoms with Gasteiger partial charge in [0, 0.05) is 24.7 Å². The minimum Gasteiger partial charge on any atom is -0.497 e. The molecule has 1 heterocycles. The van der Waals surface area contributed by atoms with Crippen molar-refractivity contribution in [1.29, 1.82) is 0 Å². The maximum atomic E-state index is 6.21. The number of aromatic amines is 1. The van der Waals surface area contributed by atoms with Gasteiger partial charge in [0.2, 0.25) is 0 Å². The average Bonchev–Trinajstić information content (AvgIpc) is 3.11. The van der Waals surface area contributed by atoms with Crippen LogP contribution in [-0.4, -0.2) is 28.8 Å². The van der Waals surface area contributed by atoms with E-state index in [1.165, 1.54) is 0 Å². The molecule has 0 aliphatic rings. The molecule has 1 aromatic heterocycles. The van der Waals surface area contributed by atoms with E-state index in [1.807, 2.05) is 54.6 Å². The third-order valence-electron chi connectivity index (χ3n) is 3.75. The molecule has 124 valence electrons. The first kappa shape index (κ1) is 16.0. The molecule has 0 radical (unpaired) electrons. The number of methoxy groups -OCH3 is 1. The highest BCUT2D eigenvalue weighted by Crippen LogP contribution is 2.17. The van der Waals surface area contributed by atoms with Gasteiger partial charge < -0.3 is 15.8 Å². The zero-order valence-corrected chi connectivity index (χ0v) is 13.6. The molecule has 0 amide bonds. The summed E-state index contributed by atoms with van der Waals surface area (Å²) in [6.45, 7) is 0.738. The van der Waals surface area contributed by atoms with Crippen molar-refractivity contribution in [1.82, 2.24) is 15.2 Å². The van der Waals surface area contributed by atoms with Crippen LogP contribution in [0.3, 0.4) is 0 Å². The smallest absolute Gasteiger partial charge is 0.171 e. The van der Waals surface area contributed by atoms with Crippen molar-refractivity contribution in [2.75, 3.05) is 19.0 Å². The van der Waals surface area contributed by atoms with Crippen LogP contribution in [0.2, 0.25) is 0 Å². The third-order valence-corrected chi connectivity index (χ3v) is 3.75. The van der Waals surface area contributed by atoms with Crippen LogP contribution < -0.4 is 15.8 Å². The Morgan fingerprint density at radius 3 is 2.79 bits per heavy atom. The number of rotatable bonds is 7. The lowest BCUT2D eigenvalue weighted by Crippen LogP contribution is -2.13. The molecular weight excluding hydrogens is 302 g/mol. The maximum absolute atomic E-state index is 6.21. The summed E-state index contributed by atoms with van der Waals surface area (Å²) >= 11 is 0. The molecule has 6 nitrogen and oxygen atoms in total. The number of nitrogens with zero attached hydrogens (tertiary/aromatic N) is 2. The molecule has 0 spiro atoms. The topological polar surface area (TPSA) is 88.8 Å². The number of ether oxygens (including phenoxy) is 1. The van der Waals surface area contributed by atoms with Crippen molar-refractivity contribution in [3.05, 3.63) is 71.8 Å². The fourth-order valence-corrected chi connectivity index (χ4v) is 2.43. The highest BCUT2D eigenvalue weighted by Gasteiger charge is 2.13. The Morgan fingerprint density at radius 1 is 1.17 bits per heavy atom. The van der Waals surface area contributed by atoms with Crippen LogP contribution in [0.4, 0.5) is 5.69 Å². The Hall–Kier alpha value is -2.86. The van der Waals surface area contributed by atoms with Crippen molar-refractivity contribution in [2.24, 2.45) is 5.73 Å². The first-order valence-electron chi connectivity index (χ1n) is 7.86. The molecule has 4 N–H and O–H groups in total. The van der Waals surface area contributed by atoms with E-state index in [4.69, 9.17) is 10.5 Å². The molecule has 2 aromatic carbocycles. The van der Waals surface area contributed by atoms with Gasteiger partial charge >= 0.3 is 0 Å². The molecule has 0 bridgehead atoms. The number of benzene rings is 2. The minimum atomic E-state index is -0.317. The number of nitrogens with one attached hydrogen (secondary N) is 2. The van der Waals surface area contributed by atoms with E-state index in [0.717, 1.165) is 35.8 Å². The standard InChI is InChI=1S/C18H21N5O/c1-24-15-9-5-8-14(12-15)20-11-10-16-21-18(23-22-16)17(19)13-6-3-2-4-7-13/h2-9,12,17,20H,10-11,19H2,1H3,(H,21,22,23)/t17-/m0/s1. The van der Waals surface area contributed by atoms with E-state index in [-0.39, 0.29) is 6.04 Å². The molecule has 3 rings (SSSR count). The van der Waals surface area contributed by atoms with Crippen molar-refractivity contribution in [3.63, 3.8) is 0 Å². The molecule has 0 aliphatic heterocycles. The van der Waals surface area contributed by atoms with E-state index >= 15 is 0 Å². The van der Waals surface area contributed by atoms with Gasteiger partial charge in [0.25, 0.3) is 0 Å². The van der Waals surface area contributed by atoms with Gasteiger partial charge in [-0.2, -0.15) is 5.10 Å². The van der Waals surface area contributed by atoms with E-state index in [9.17, 15) is 0 Å². The molecule has 6 heteroatoms. The van der Waals surface area contributed by atoms with Gasteiger partial charge in [-0.3, -0.25) is 5.10 Å². The second kappa shape index (κ2) is 7.61. The second-order valence-corrected chi connectivity index (χ2v) is 5.44. The quantitative estimate of drug-likeness (QED) is 0.622. The Labute approximate surface area is 141 Å². The largest absolute Gasteiger partial charge is 0.497 e. The molecule has 24 heavy (non-hydrogen) atoms. The summed E-state index contributed by atoms with van der Waals surface area (Å²) in [5.41, 5.74) is 8.21. The summed E-state index contributed by atoms with van der Waals surface area (Å²) in [6, 6.07) is 17.3. The summed E-state index contributed by atoms with van der Waals surface area (Å²) in [5.74, 6) is 2.25. The van der Waals surface area contributed by atoms with Crippen molar-refractivity contribution >= 4 is 5.69 Å².